The molecule has 2 aromatic rings. The predicted octanol–water partition coefficient (Wildman–Crippen LogP) is 2.84. The largest absolute Gasteiger partial charge is 0.339 e. The summed E-state index contributed by atoms with van der Waals surface area (Å²) in [6.45, 7) is 3.56. The molecule has 1 aliphatic rings. The number of nitrogens with zero attached hydrogens (tertiary/aromatic N) is 2. The zero-order valence-electron chi connectivity index (χ0n) is 16.0. The summed E-state index contributed by atoms with van der Waals surface area (Å²) in [6, 6.07) is 12.3. The summed E-state index contributed by atoms with van der Waals surface area (Å²) in [4.78, 5) is 28.2. The molecule has 154 valence electrons. The van der Waals surface area contributed by atoms with Crippen molar-refractivity contribution in [1.82, 2.24) is 9.80 Å². The van der Waals surface area contributed by atoms with Crippen LogP contribution in [-0.2, 0) is 14.8 Å². The van der Waals surface area contributed by atoms with Crippen molar-refractivity contribution in [1.29, 1.82) is 0 Å². The highest BCUT2D eigenvalue weighted by Crippen LogP contribution is 2.23. The summed E-state index contributed by atoms with van der Waals surface area (Å²) in [5, 5.41) is 0.431. The lowest BCUT2D eigenvalue weighted by molar-refractivity contribution is -0.132. The summed E-state index contributed by atoms with van der Waals surface area (Å²) in [5.41, 5.74) is 0.472. The standard InChI is InChI=1S/C20H22ClN3O4S/c1-2-19(25)23-11-13-24(14-12-23)20(26)17-5-3-4-6-18(17)22-29(27,28)16-9-7-15(21)8-10-16/h3-10,22H,2,11-14H2,1H3. The van der Waals surface area contributed by atoms with Crippen molar-refractivity contribution in [2.75, 3.05) is 30.9 Å². The number of amides is 2. The molecule has 2 amide bonds. The number of hydrogen-bond acceptors (Lipinski definition) is 4. The van der Waals surface area contributed by atoms with E-state index in [1.54, 1.807) is 34.1 Å². The number of anilines is 1. The molecule has 3 rings (SSSR count). The number of sulfonamides is 1. The summed E-state index contributed by atoms with van der Waals surface area (Å²) >= 11 is 5.82. The number of hydrogen-bond donors (Lipinski definition) is 1. The molecule has 0 spiro atoms. The highest BCUT2D eigenvalue weighted by molar-refractivity contribution is 7.92. The lowest BCUT2D eigenvalue weighted by atomic mass is 10.1. The van der Waals surface area contributed by atoms with E-state index in [2.05, 4.69) is 4.72 Å². The van der Waals surface area contributed by atoms with Crippen molar-refractivity contribution in [2.45, 2.75) is 18.2 Å². The van der Waals surface area contributed by atoms with E-state index in [0.717, 1.165) is 0 Å². The molecule has 0 aromatic heterocycles. The highest BCUT2D eigenvalue weighted by atomic mass is 35.5. The van der Waals surface area contributed by atoms with Gasteiger partial charge in [0.1, 0.15) is 0 Å². The first-order valence-corrected chi connectivity index (χ1v) is 11.1. The predicted molar refractivity (Wildman–Crippen MR) is 111 cm³/mol. The molecule has 0 unspecified atom stereocenters. The second kappa shape index (κ2) is 8.84. The molecule has 0 bridgehead atoms. The van der Waals surface area contributed by atoms with Crippen LogP contribution in [0.4, 0.5) is 5.69 Å². The van der Waals surface area contributed by atoms with Gasteiger partial charge in [-0.05, 0) is 36.4 Å². The van der Waals surface area contributed by atoms with Crippen molar-refractivity contribution >= 4 is 39.1 Å². The molecule has 0 saturated carbocycles. The Bertz CT molecular complexity index is 1000. The molecule has 1 fully saturated rings. The monoisotopic (exact) mass is 435 g/mol. The Labute approximate surface area is 175 Å². The number of piperazine rings is 1. The fourth-order valence-corrected chi connectivity index (χ4v) is 4.33. The number of benzene rings is 2. The number of carbonyl (C=O) groups is 2. The average Bonchev–Trinajstić information content (AvgIpc) is 2.73. The van der Waals surface area contributed by atoms with Gasteiger partial charge in [-0.25, -0.2) is 8.42 Å². The molecule has 1 heterocycles. The van der Waals surface area contributed by atoms with Crippen molar-refractivity contribution in [2.24, 2.45) is 0 Å². The first-order chi connectivity index (χ1) is 13.8. The van der Waals surface area contributed by atoms with E-state index in [1.165, 1.54) is 24.3 Å². The van der Waals surface area contributed by atoms with Gasteiger partial charge < -0.3 is 9.80 Å². The first kappa shape index (κ1) is 21.1. The Morgan fingerprint density at radius 2 is 1.55 bits per heavy atom. The van der Waals surface area contributed by atoms with E-state index in [9.17, 15) is 18.0 Å². The van der Waals surface area contributed by atoms with E-state index in [0.29, 0.717) is 37.6 Å². The van der Waals surface area contributed by atoms with E-state index < -0.39 is 10.0 Å². The Morgan fingerprint density at radius 3 is 2.17 bits per heavy atom. The topological polar surface area (TPSA) is 86.8 Å². The highest BCUT2D eigenvalue weighted by Gasteiger charge is 2.26. The second-order valence-corrected chi connectivity index (χ2v) is 8.75. The number of nitrogens with one attached hydrogen (secondary N) is 1. The molecule has 0 atom stereocenters. The molecule has 0 aliphatic carbocycles. The maximum absolute atomic E-state index is 13.0. The van der Waals surface area contributed by atoms with Crippen LogP contribution in [0, 0.1) is 0 Å². The SMILES string of the molecule is CCC(=O)N1CCN(C(=O)c2ccccc2NS(=O)(=O)c2ccc(Cl)cc2)CC1. The minimum absolute atomic E-state index is 0.0517. The van der Waals surface area contributed by atoms with Gasteiger partial charge in [0.25, 0.3) is 15.9 Å². The third-order valence-corrected chi connectivity index (χ3v) is 6.38. The molecular formula is C20H22ClN3O4S. The molecule has 1 N–H and O–H groups in total. The van der Waals surface area contributed by atoms with Gasteiger partial charge in [-0.3, -0.25) is 14.3 Å². The molecular weight excluding hydrogens is 414 g/mol. The normalized spacial score (nSPS) is 14.6. The first-order valence-electron chi connectivity index (χ1n) is 9.26. The van der Waals surface area contributed by atoms with Crippen molar-refractivity contribution < 1.29 is 18.0 Å². The van der Waals surface area contributed by atoms with Crippen LogP contribution in [0.5, 0.6) is 0 Å². The lowest BCUT2D eigenvalue weighted by Crippen LogP contribution is -2.50. The number of para-hydroxylation sites is 1. The van der Waals surface area contributed by atoms with Crippen LogP contribution in [0.2, 0.25) is 5.02 Å². The maximum Gasteiger partial charge on any atom is 0.261 e. The summed E-state index contributed by atoms with van der Waals surface area (Å²) < 4.78 is 27.9. The van der Waals surface area contributed by atoms with Gasteiger partial charge in [-0.2, -0.15) is 0 Å². The third kappa shape index (κ3) is 4.89. The van der Waals surface area contributed by atoms with Crippen LogP contribution in [-0.4, -0.2) is 56.2 Å². The van der Waals surface area contributed by atoms with E-state index in [4.69, 9.17) is 11.6 Å². The zero-order chi connectivity index (χ0) is 21.0. The Morgan fingerprint density at radius 1 is 0.966 bits per heavy atom. The van der Waals surface area contributed by atoms with Crippen LogP contribution in [0.25, 0.3) is 0 Å². The van der Waals surface area contributed by atoms with Gasteiger partial charge in [0.15, 0.2) is 0 Å². The van der Waals surface area contributed by atoms with Crippen molar-refractivity contribution in [3.05, 3.63) is 59.1 Å². The van der Waals surface area contributed by atoms with Gasteiger partial charge in [0, 0.05) is 37.6 Å². The van der Waals surface area contributed by atoms with Gasteiger partial charge >= 0.3 is 0 Å². The number of rotatable bonds is 5. The van der Waals surface area contributed by atoms with Crippen LogP contribution < -0.4 is 4.72 Å². The van der Waals surface area contributed by atoms with Gasteiger partial charge in [-0.1, -0.05) is 30.7 Å². The summed E-state index contributed by atoms with van der Waals surface area (Å²) in [6.07, 6.45) is 0.434. The van der Waals surface area contributed by atoms with Crippen molar-refractivity contribution in [3.8, 4) is 0 Å². The fraction of sp³-hybridized carbons (Fsp3) is 0.300. The average molecular weight is 436 g/mol. The smallest absolute Gasteiger partial charge is 0.261 e. The van der Waals surface area contributed by atoms with Gasteiger partial charge in [-0.15, -0.1) is 0 Å². The summed E-state index contributed by atoms with van der Waals surface area (Å²) in [5.74, 6) is -0.212. The third-order valence-electron chi connectivity index (χ3n) is 4.75. The Hall–Kier alpha value is -2.58. The molecule has 2 aromatic carbocycles. The molecule has 1 saturated heterocycles. The maximum atomic E-state index is 13.0. The zero-order valence-corrected chi connectivity index (χ0v) is 17.5. The molecule has 0 radical (unpaired) electrons. The van der Waals surface area contributed by atoms with Crippen molar-refractivity contribution in [3.63, 3.8) is 0 Å². The lowest BCUT2D eigenvalue weighted by Gasteiger charge is -2.35. The fourth-order valence-electron chi connectivity index (χ4n) is 3.13. The van der Waals surface area contributed by atoms with Crippen LogP contribution >= 0.6 is 11.6 Å². The quantitative estimate of drug-likeness (QED) is 0.782. The Balaban J connectivity index is 1.78. The minimum atomic E-state index is -3.87. The van der Waals surface area contributed by atoms with Crippen LogP contribution in [0.1, 0.15) is 23.7 Å². The minimum Gasteiger partial charge on any atom is -0.339 e. The van der Waals surface area contributed by atoms with E-state index >= 15 is 0 Å². The summed E-state index contributed by atoms with van der Waals surface area (Å²) in [7, 11) is -3.87. The number of halogens is 1. The van der Waals surface area contributed by atoms with Gasteiger partial charge in [0.2, 0.25) is 5.91 Å². The number of carbonyl (C=O) groups excluding carboxylic acids is 2. The Kier molecular flexibility index (Phi) is 6.44. The molecule has 7 nitrogen and oxygen atoms in total. The second-order valence-electron chi connectivity index (χ2n) is 6.63. The van der Waals surface area contributed by atoms with E-state index in [-0.39, 0.29) is 28.0 Å². The molecule has 1 aliphatic heterocycles. The van der Waals surface area contributed by atoms with Crippen LogP contribution in [0.15, 0.2) is 53.4 Å². The van der Waals surface area contributed by atoms with E-state index in [1.807, 2.05) is 6.92 Å². The van der Waals surface area contributed by atoms with Gasteiger partial charge in [0.05, 0.1) is 16.1 Å². The molecule has 9 heteroatoms. The molecule has 29 heavy (non-hydrogen) atoms. The van der Waals surface area contributed by atoms with Crippen LogP contribution in [0.3, 0.4) is 0 Å².